The zero-order chi connectivity index (χ0) is 17.2. The number of carbonyl (C=O) groups is 1. The molecule has 1 fully saturated rings. The van der Waals surface area contributed by atoms with Crippen LogP contribution < -0.4 is 4.90 Å². The Bertz CT molecular complexity index is 707. The van der Waals surface area contributed by atoms with E-state index < -0.39 is 5.60 Å². The lowest BCUT2D eigenvalue weighted by molar-refractivity contribution is 0.0264. The molecule has 24 heavy (non-hydrogen) atoms. The highest BCUT2D eigenvalue weighted by Crippen LogP contribution is 2.26. The standard InChI is InChI=1S/C17H21N5O2/c1-13-3-4-14(9-20-13)16(23)21(2)11-17(24)5-8-22(12-17)15-10-18-6-7-19-15/h3-4,6-7,9-10,24H,5,8,11-12H2,1-2H3/t17-/m0/s1. The van der Waals surface area contributed by atoms with Crippen LogP contribution in [0.25, 0.3) is 0 Å². The Morgan fingerprint density at radius 1 is 1.33 bits per heavy atom. The molecule has 1 aliphatic rings. The minimum absolute atomic E-state index is 0.145. The second-order valence-electron chi connectivity index (χ2n) is 6.31. The summed E-state index contributed by atoms with van der Waals surface area (Å²) in [6.07, 6.45) is 7.07. The molecule has 3 heterocycles. The van der Waals surface area contributed by atoms with Crippen LogP contribution in [0.1, 0.15) is 22.5 Å². The zero-order valence-electron chi connectivity index (χ0n) is 13.9. The molecule has 0 bridgehead atoms. The van der Waals surface area contributed by atoms with Crippen molar-refractivity contribution in [3.05, 3.63) is 48.2 Å². The fourth-order valence-electron chi connectivity index (χ4n) is 2.96. The fourth-order valence-corrected chi connectivity index (χ4v) is 2.96. The van der Waals surface area contributed by atoms with E-state index in [0.29, 0.717) is 25.1 Å². The van der Waals surface area contributed by atoms with Crippen LogP contribution in [0.2, 0.25) is 0 Å². The number of aliphatic hydroxyl groups is 1. The summed E-state index contributed by atoms with van der Waals surface area (Å²) in [5, 5.41) is 10.8. The van der Waals surface area contributed by atoms with Crippen LogP contribution in [0, 0.1) is 6.92 Å². The lowest BCUT2D eigenvalue weighted by Crippen LogP contribution is -2.46. The van der Waals surface area contributed by atoms with Crippen LogP contribution in [0.15, 0.2) is 36.9 Å². The normalized spacial score (nSPS) is 20.2. The SMILES string of the molecule is Cc1ccc(C(=O)N(C)C[C@@]2(O)CCN(c3cnccn3)C2)cn1. The van der Waals surface area contributed by atoms with Crippen molar-refractivity contribution in [2.75, 3.05) is 31.6 Å². The lowest BCUT2D eigenvalue weighted by Gasteiger charge is -2.29. The molecule has 1 atom stereocenters. The molecule has 0 aromatic carbocycles. The molecular weight excluding hydrogens is 306 g/mol. The maximum absolute atomic E-state index is 12.5. The minimum Gasteiger partial charge on any atom is -0.386 e. The van der Waals surface area contributed by atoms with Crippen LogP contribution in [-0.4, -0.2) is 63.1 Å². The highest BCUT2D eigenvalue weighted by Gasteiger charge is 2.38. The summed E-state index contributed by atoms with van der Waals surface area (Å²) in [6, 6.07) is 3.56. The van der Waals surface area contributed by atoms with Gasteiger partial charge in [0, 0.05) is 44.4 Å². The van der Waals surface area contributed by atoms with Crippen molar-refractivity contribution in [3.8, 4) is 0 Å². The minimum atomic E-state index is -0.958. The number of nitrogens with zero attached hydrogens (tertiary/aromatic N) is 5. The first-order valence-corrected chi connectivity index (χ1v) is 7.88. The van der Waals surface area contributed by atoms with Gasteiger partial charge in [-0.05, 0) is 25.5 Å². The highest BCUT2D eigenvalue weighted by molar-refractivity contribution is 5.93. The van der Waals surface area contributed by atoms with E-state index in [1.165, 1.54) is 0 Å². The van der Waals surface area contributed by atoms with E-state index in [-0.39, 0.29) is 12.5 Å². The Kier molecular flexibility index (Phi) is 4.44. The van der Waals surface area contributed by atoms with Gasteiger partial charge in [0.1, 0.15) is 11.4 Å². The maximum Gasteiger partial charge on any atom is 0.255 e. The van der Waals surface area contributed by atoms with Crippen LogP contribution in [0.4, 0.5) is 5.82 Å². The van der Waals surface area contributed by atoms with E-state index in [1.54, 1.807) is 48.9 Å². The third-order valence-electron chi connectivity index (χ3n) is 4.24. The van der Waals surface area contributed by atoms with Crippen molar-refractivity contribution in [3.63, 3.8) is 0 Å². The Hall–Kier alpha value is -2.54. The Labute approximate surface area is 141 Å². The smallest absolute Gasteiger partial charge is 0.255 e. The molecule has 1 amide bonds. The number of rotatable bonds is 4. The van der Waals surface area contributed by atoms with E-state index in [1.807, 2.05) is 11.8 Å². The summed E-state index contributed by atoms with van der Waals surface area (Å²) in [5.41, 5.74) is 0.429. The third-order valence-corrected chi connectivity index (χ3v) is 4.24. The van der Waals surface area contributed by atoms with E-state index in [9.17, 15) is 9.90 Å². The molecule has 7 nitrogen and oxygen atoms in total. The predicted octanol–water partition coefficient (Wildman–Crippen LogP) is 0.893. The topological polar surface area (TPSA) is 82.5 Å². The molecule has 0 radical (unpaired) electrons. The number of anilines is 1. The van der Waals surface area contributed by atoms with Gasteiger partial charge >= 0.3 is 0 Å². The molecule has 2 aromatic rings. The van der Waals surface area contributed by atoms with Gasteiger partial charge in [0.05, 0.1) is 18.3 Å². The molecule has 2 aromatic heterocycles. The van der Waals surface area contributed by atoms with Gasteiger partial charge in [-0.1, -0.05) is 0 Å². The summed E-state index contributed by atoms with van der Waals surface area (Å²) in [7, 11) is 1.70. The number of carbonyl (C=O) groups excluding carboxylic acids is 1. The first-order chi connectivity index (χ1) is 11.5. The van der Waals surface area contributed by atoms with Crippen molar-refractivity contribution in [1.82, 2.24) is 19.9 Å². The monoisotopic (exact) mass is 327 g/mol. The molecule has 3 rings (SSSR count). The van der Waals surface area contributed by atoms with Gasteiger partial charge in [-0.15, -0.1) is 0 Å². The Morgan fingerprint density at radius 3 is 2.83 bits per heavy atom. The Morgan fingerprint density at radius 2 is 2.17 bits per heavy atom. The molecule has 1 saturated heterocycles. The number of aryl methyl sites for hydroxylation is 1. The van der Waals surface area contributed by atoms with Crippen molar-refractivity contribution in [1.29, 1.82) is 0 Å². The number of likely N-dealkylation sites (N-methyl/N-ethyl adjacent to an activating group) is 1. The van der Waals surface area contributed by atoms with E-state index in [2.05, 4.69) is 15.0 Å². The highest BCUT2D eigenvalue weighted by atomic mass is 16.3. The van der Waals surface area contributed by atoms with Gasteiger partial charge in [-0.3, -0.25) is 14.8 Å². The average molecular weight is 327 g/mol. The first kappa shape index (κ1) is 16.3. The molecule has 7 heteroatoms. The van der Waals surface area contributed by atoms with Crippen molar-refractivity contribution in [2.45, 2.75) is 18.9 Å². The van der Waals surface area contributed by atoms with Gasteiger partial charge in [0.25, 0.3) is 5.91 Å². The van der Waals surface area contributed by atoms with E-state index >= 15 is 0 Å². The number of amides is 1. The quantitative estimate of drug-likeness (QED) is 0.898. The van der Waals surface area contributed by atoms with E-state index in [0.717, 1.165) is 11.5 Å². The van der Waals surface area contributed by atoms with Crippen LogP contribution in [-0.2, 0) is 0 Å². The van der Waals surface area contributed by atoms with Gasteiger partial charge in [0.15, 0.2) is 0 Å². The Balaban J connectivity index is 1.64. The average Bonchev–Trinajstić information content (AvgIpc) is 2.97. The van der Waals surface area contributed by atoms with Crippen molar-refractivity contribution < 1.29 is 9.90 Å². The lowest BCUT2D eigenvalue weighted by atomic mass is 10.0. The molecule has 0 aliphatic carbocycles. The number of hydrogen-bond acceptors (Lipinski definition) is 6. The largest absolute Gasteiger partial charge is 0.386 e. The van der Waals surface area contributed by atoms with Crippen LogP contribution in [0.5, 0.6) is 0 Å². The predicted molar refractivity (Wildman–Crippen MR) is 89.7 cm³/mol. The molecule has 0 unspecified atom stereocenters. The number of aromatic nitrogens is 3. The van der Waals surface area contributed by atoms with Gasteiger partial charge < -0.3 is 14.9 Å². The fraction of sp³-hybridized carbons (Fsp3) is 0.412. The third kappa shape index (κ3) is 3.51. The first-order valence-electron chi connectivity index (χ1n) is 7.88. The molecule has 126 valence electrons. The number of hydrogen-bond donors (Lipinski definition) is 1. The molecule has 0 spiro atoms. The number of pyridine rings is 1. The van der Waals surface area contributed by atoms with Crippen LogP contribution in [0.3, 0.4) is 0 Å². The number of β-amino-alcohol motifs (C(OH)–C–C–N with tert-alkyl or cyclic N) is 1. The van der Waals surface area contributed by atoms with Gasteiger partial charge in [-0.2, -0.15) is 0 Å². The zero-order valence-corrected chi connectivity index (χ0v) is 13.9. The second kappa shape index (κ2) is 6.52. The summed E-state index contributed by atoms with van der Waals surface area (Å²) in [4.78, 5) is 28.5. The van der Waals surface area contributed by atoms with Gasteiger partial charge in [-0.25, -0.2) is 4.98 Å². The van der Waals surface area contributed by atoms with E-state index in [4.69, 9.17) is 0 Å². The maximum atomic E-state index is 12.5. The second-order valence-corrected chi connectivity index (χ2v) is 6.31. The van der Waals surface area contributed by atoms with Crippen LogP contribution >= 0.6 is 0 Å². The summed E-state index contributed by atoms with van der Waals surface area (Å²) < 4.78 is 0. The molecule has 1 N–H and O–H groups in total. The summed E-state index contributed by atoms with van der Waals surface area (Å²) in [5.74, 6) is 0.596. The molecule has 1 aliphatic heterocycles. The van der Waals surface area contributed by atoms with Crippen molar-refractivity contribution in [2.24, 2.45) is 0 Å². The summed E-state index contributed by atoms with van der Waals surface area (Å²) in [6.45, 7) is 3.25. The van der Waals surface area contributed by atoms with Gasteiger partial charge in [0.2, 0.25) is 0 Å². The summed E-state index contributed by atoms with van der Waals surface area (Å²) >= 11 is 0. The molecule has 0 saturated carbocycles. The van der Waals surface area contributed by atoms with Crippen molar-refractivity contribution >= 4 is 11.7 Å². The molecular formula is C17H21N5O2.